The molecular formula is C16H16N2O3. The fraction of sp³-hybridized carbons (Fsp3) is 0.188. The summed E-state index contributed by atoms with van der Waals surface area (Å²) in [6.07, 6.45) is 0. The molecule has 0 fully saturated rings. The van der Waals surface area contributed by atoms with E-state index in [4.69, 9.17) is 14.9 Å². The molecule has 0 saturated carbocycles. The molecule has 0 amide bonds. The van der Waals surface area contributed by atoms with Gasteiger partial charge in [0.2, 0.25) is 0 Å². The van der Waals surface area contributed by atoms with E-state index in [1.807, 2.05) is 42.5 Å². The lowest BCUT2D eigenvalue weighted by atomic mass is 10.2. The molecule has 0 aliphatic heterocycles. The third-order valence-electron chi connectivity index (χ3n) is 3.32. The van der Waals surface area contributed by atoms with Crippen LogP contribution in [-0.2, 0) is 13.1 Å². The van der Waals surface area contributed by atoms with Crippen LogP contribution in [0, 0.1) is 0 Å². The number of aromatic nitrogens is 1. The first-order chi connectivity index (χ1) is 10.3. The molecule has 0 bridgehead atoms. The Morgan fingerprint density at radius 2 is 1.86 bits per heavy atom. The summed E-state index contributed by atoms with van der Waals surface area (Å²) >= 11 is 0. The van der Waals surface area contributed by atoms with Crippen LogP contribution in [0.1, 0.15) is 5.56 Å². The molecule has 2 aromatic carbocycles. The average Bonchev–Trinajstić information content (AvgIpc) is 2.84. The lowest BCUT2D eigenvalue weighted by Crippen LogP contribution is -2.18. The second-order valence-corrected chi connectivity index (χ2v) is 4.68. The van der Waals surface area contributed by atoms with Gasteiger partial charge in [-0.3, -0.25) is 4.57 Å². The third kappa shape index (κ3) is 2.83. The standard InChI is InChI=1S/C16H16N2O3/c17-11-12-5-7-13(8-6-12)20-10-9-18-14-3-1-2-4-15(14)21-16(18)19/h1-8H,9-11,17H2. The minimum Gasteiger partial charge on any atom is -0.492 e. The Hall–Kier alpha value is -2.53. The number of fused-ring (bicyclic) bond motifs is 1. The maximum absolute atomic E-state index is 11.8. The second-order valence-electron chi connectivity index (χ2n) is 4.68. The lowest BCUT2D eigenvalue weighted by molar-refractivity contribution is 0.294. The highest BCUT2D eigenvalue weighted by Crippen LogP contribution is 2.13. The van der Waals surface area contributed by atoms with E-state index in [0.29, 0.717) is 25.3 Å². The highest BCUT2D eigenvalue weighted by atomic mass is 16.5. The average molecular weight is 284 g/mol. The minimum atomic E-state index is -0.363. The van der Waals surface area contributed by atoms with Gasteiger partial charge < -0.3 is 14.9 Å². The van der Waals surface area contributed by atoms with E-state index in [0.717, 1.165) is 16.8 Å². The van der Waals surface area contributed by atoms with Gasteiger partial charge in [-0.2, -0.15) is 0 Å². The number of rotatable bonds is 5. The monoisotopic (exact) mass is 284 g/mol. The summed E-state index contributed by atoms with van der Waals surface area (Å²) in [5, 5.41) is 0. The molecule has 0 aliphatic carbocycles. The van der Waals surface area contributed by atoms with Crippen molar-refractivity contribution in [3.05, 3.63) is 64.6 Å². The fourth-order valence-electron chi connectivity index (χ4n) is 2.20. The Bertz CT molecular complexity index is 787. The Balaban J connectivity index is 1.69. The second kappa shape index (κ2) is 5.85. The number of para-hydroxylation sites is 2. The van der Waals surface area contributed by atoms with Crippen LogP contribution in [-0.4, -0.2) is 11.2 Å². The number of nitrogens with zero attached hydrogens (tertiary/aromatic N) is 1. The van der Waals surface area contributed by atoms with E-state index in [9.17, 15) is 4.79 Å². The van der Waals surface area contributed by atoms with Gasteiger partial charge in [0.15, 0.2) is 5.58 Å². The molecule has 2 N–H and O–H groups in total. The number of hydrogen-bond acceptors (Lipinski definition) is 4. The maximum atomic E-state index is 11.8. The summed E-state index contributed by atoms with van der Waals surface area (Å²) in [5.41, 5.74) is 7.97. The van der Waals surface area contributed by atoms with E-state index >= 15 is 0 Å². The van der Waals surface area contributed by atoms with Crippen molar-refractivity contribution in [3.8, 4) is 5.75 Å². The molecule has 0 aliphatic rings. The molecule has 0 radical (unpaired) electrons. The summed E-state index contributed by atoms with van der Waals surface area (Å²) in [5.74, 6) is 0.395. The first kappa shape index (κ1) is 13.5. The number of hydrogen-bond donors (Lipinski definition) is 1. The van der Waals surface area contributed by atoms with E-state index < -0.39 is 0 Å². The van der Waals surface area contributed by atoms with Crippen LogP contribution >= 0.6 is 0 Å². The van der Waals surface area contributed by atoms with Crippen LogP contribution < -0.4 is 16.2 Å². The van der Waals surface area contributed by atoms with Crippen molar-refractivity contribution in [2.24, 2.45) is 5.73 Å². The highest BCUT2D eigenvalue weighted by Gasteiger charge is 2.07. The molecule has 5 nitrogen and oxygen atoms in total. The van der Waals surface area contributed by atoms with Crippen LogP contribution in [0.5, 0.6) is 5.75 Å². The van der Waals surface area contributed by atoms with Gasteiger partial charge in [-0.1, -0.05) is 24.3 Å². The quantitative estimate of drug-likeness (QED) is 0.779. The van der Waals surface area contributed by atoms with Crippen molar-refractivity contribution >= 4 is 11.1 Å². The van der Waals surface area contributed by atoms with E-state index in [1.54, 1.807) is 10.6 Å². The molecular weight excluding hydrogens is 268 g/mol. The molecule has 3 aromatic rings. The van der Waals surface area contributed by atoms with Crippen LogP contribution in [0.2, 0.25) is 0 Å². The van der Waals surface area contributed by atoms with Crippen LogP contribution in [0.3, 0.4) is 0 Å². The molecule has 0 spiro atoms. The van der Waals surface area contributed by atoms with Crippen molar-refractivity contribution in [1.29, 1.82) is 0 Å². The van der Waals surface area contributed by atoms with Crippen LogP contribution in [0.25, 0.3) is 11.1 Å². The van der Waals surface area contributed by atoms with Crippen molar-refractivity contribution in [3.63, 3.8) is 0 Å². The summed E-state index contributed by atoms with van der Waals surface area (Å²) in [6, 6.07) is 14.9. The summed E-state index contributed by atoms with van der Waals surface area (Å²) < 4.78 is 12.4. The van der Waals surface area contributed by atoms with Crippen LogP contribution in [0.15, 0.2) is 57.7 Å². The fourth-order valence-corrected chi connectivity index (χ4v) is 2.20. The Morgan fingerprint density at radius 1 is 1.10 bits per heavy atom. The first-order valence-corrected chi connectivity index (χ1v) is 6.78. The van der Waals surface area contributed by atoms with Crippen molar-refractivity contribution in [2.75, 3.05) is 6.61 Å². The van der Waals surface area contributed by atoms with Gasteiger partial charge in [0, 0.05) is 6.54 Å². The largest absolute Gasteiger partial charge is 0.492 e. The number of ether oxygens (including phenoxy) is 1. The van der Waals surface area contributed by atoms with Crippen molar-refractivity contribution < 1.29 is 9.15 Å². The van der Waals surface area contributed by atoms with Gasteiger partial charge in [0.25, 0.3) is 0 Å². The molecule has 1 aromatic heterocycles. The third-order valence-corrected chi connectivity index (χ3v) is 3.32. The van der Waals surface area contributed by atoms with Crippen molar-refractivity contribution in [2.45, 2.75) is 13.1 Å². The smallest absolute Gasteiger partial charge is 0.420 e. The predicted molar refractivity (Wildman–Crippen MR) is 80.3 cm³/mol. The molecule has 3 rings (SSSR count). The highest BCUT2D eigenvalue weighted by molar-refractivity contribution is 5.72. The van der Waals surface area contributed by atoms with E-state index in [2.05, 4.69) is 0 Å². The van der Waals surface area contributed by atoms with Gasteiger partial charge >= 0.3 is 5.76 Å². The van der Waals surface area contributed by atoms with E-state index in [1.165, 1.54) is 0 Å². The summed E-state index contributed by atoms with van der Waals surface area (Å²) in [4.78, 5) is 11.8. The normalized spacial score (nSPS) is 10.9. The predicted octanol–water partition coefficient (Wildman–Crippen LogP) is 2.13. The molecule has 0 saturated heterocycles. The Kier molecular flexibility index (Phi) is 3.75. The lowest BCUT2D eigenvalue weighted by Gasteiger charge is -2.07. The summed E-state index contributed by atoms with van der Waals surface area (Å²) in [7, 11) is 0. The van der Waals surface area contributed by atoms with Gasteiger partial charge in [-0.15, -0.1) is 0 Å². The van der Waals surface area contributed by atoms with Crippen LogP contribution in [0.4, 0.5) is 0 Å². The van der Waals surface area contributed by atoms with Crippen molar-refractivity contribution in [1.82, 2.24) is 4.57 Å². The SMILES string of the molecule is NCc1ccc(OCCn2c(=O)oc3ccccc32)cc1. The first-order valence-electron chi connectivity index (χ1n) is 6.78. The Morgan fingerprint density at radius 3 is 2.62 bits per heavy atom. The number of nitrogens with two attached hydrogens (primary N) is 1. The molecule has 0 atom stereocenters. The molecule has 1 heterocycles. The van der Waals surface area contributed by atoms with Gasteiger partial charge in [0.1, 0.15) is 12.4 Å². The topological polar surface area (TPSA) is 70.4 Å². The minimum absolute atomic E-state index is 0.363. The maximum Gasteiger partial charge on any atom is 0.420 e. The molecule has 5 heteroatoms. The number of benzene rings is 2. The van der Waals surface area contributed by atoms with E-state index in [-0.39, 0.29) is 5.76 Å². The molecule has 21 heavy (non-hydrogen) atoms. The van der Waals surface area contributed by atoms with Gasteiger partial charge in [-0.25, -0.2) is 4.79 Å². The zero-order chi connectivity index (χ0) is 14.7. The molecule has 108 valence electrons. The van der Waals surface area contributed by atoms with Gasteiger partial charge in [-0.05, 0) is 29.8 Å². The summed E-state index contributed by atoms with van der Waals surface area (Å²) in [6.45, 7) is 1.34. The molecule has 0 unspecified atom stereocenters. The van der Waals surface area contributed by atoms with Gasteiger partial charge in [0.05, 0.1) is 12.1 Å². The zero-order valence-corrected chi connectivity index (χ0v) is 11.5. The Labute approximate surface area is 121 Å². The zero-order valence-electron chi connectivity index (χ0n) is 11.5. The number of oxazole rings is 1.